The lowest BCUT2D eigenvalue weighted by atomic mass is 10.1. The number of alkyl halides is 2. The second kappa shape index (κ2) is 11.7. The van der Waals surface area contributed by atoms with E-state index in [1.165, 1.54) is 0 Å². The molecule has 8 heteroatoms. The molecule has 0 bridgehead atoms. The van der Waals surface area contributed by atoms with Crippen molar-refractivity contribution in [2.45, 2.75) is 38.5 Å². The topological polar surface area (TPSA) is 55.3 Å². The van der Waals surface area contributed by atoms with Gasteiger partial charge in [0.2, 0.25) is 0 Å². The molecular weight excluding hydrogens is 356 g/mol. The van der Waals surface area contributed by atoms with Crippen LogP contribution in [0.5, 0.6) is 5.75 Å². The molecule has 0 saturated carbocycles. The molecule has 1 N–H and O–H groups in total. The van der Waals surface area contributed by atoms with E-state index in [0.717, 1.165) is 38.3 Å². The number of nitrogens with one attached hydrogen (secondary N) is 1. The van der Waals surface area contributed by atoms with Crippen LogP contribution in [-0.2, 0) is 16.0 Å². The molecule has 0 spiro atoms. The van der Waals surface area contributed by atoms with Gasteiger partial charge in [-0.1, -0.05) is 18.2 Å². The average molecular weight is 385 g/mol. The van der Waals surface area contributed by atoms with Crippen LogP contribution in [0, 0.1) is 0 Å². The molecule has 0 atom stereocenters. The van der Waals surface area contributed by atoms with Gasteiger partial charge in [-0.15, -0.1) is 0 Å². The number of halogens is 2. The highest BCUT2D eigenvalue weighted by Crippen LogP contribution is 2.20. The van der Waals surface area contributed by atoms with Crippen molar-refractivity contribution in [1.29, 1.82) is 0 Å². The smallest absolute Gasteiger partial charge is 0.387 e. The molecule has 27 heavy (non-hydrogen) atoms. The molecule has 0 amide bonds. The van der Waals surface area contributed by atoms with Gasteiger partial charge in [-0.2, -0.15) is 8.78 Å². The van der Waals surface area contributed by atoms with Gasteiger partial charge in [0.25, 0.3) is 0 Å². The first-order valence-corrected chi connectivity index (χ1v) is 9.23. The first-order valence-electron chi connectivity index (χ1n) is 9.23. The van der Waals surface area contributed by atoms with Gasteiger partial charge in [-0.05, 0) is 25.3 Å². The lowest BCUT2D eigenvalue weighted by Gasteiger charge is -2.34. The number of benzene rings is 1. The van der Waals surface area contributed by atoms with E-state index in [0.29, 0.717) is 25.3 Å². The second-order valence-electron chi connectivity index (χ2n) is 6.29. The maximum atomic E-state index is 12.5. The molecule has 0 radical (unpaired) electrons. The van der Waals surface area contributed by atoms with Crippen molar-refractivity contribution in [3.8, 4) is 5.75 Å². The van der Waals surface area contributed by atoms with Gasteiger partial charge in [0.1, 0.15) is 5.75 Å². The monoisotopic (exact) mass is 385 g/mol. The first kappa shape index (κ1) is 21.4. The van der Waals surface area contributed by atoms with E-state index >= 15 is 0 Å². The van der Waals surface area contributed by atoms with Gasteiger partial charge in [-0.3, -0.25) is 4.99 Å². The van der Waals surface area contributed by atoms with Gasteiger partial charge in [0, 0.05) is 52.6 Å². The zero-order chi connectivity index (χ0) is 19.5. The van der Waals surface area contributed by atoms with Crippen LogP contribution in [0.4, 0.5) is 8.78 Å². The minimum Gasteiger partial charge on any atom is -0.434 e. The number of hydrogen-bond acceptors (Lipinski definition) is 4. The molecule has 152 valence electrons. The van der Waals surface area contributed by atoms with Crippen molar-refractivity contribution in [2.24, 2.45) is 4.99 Å². The maximum Gasteiger partial charge on any atom is 0.387 e. The summed E-state index contributed by atoms with van der Waals surface area (Å²) in [6.07, 6.45) is 3.02. The molecule has 1 aromatic rings. The number of hydrogen-bond donors (Lipinski definition) is 1. The zero-order valence-corrected chi connectivity index (χ0v) is 16.0. The summed E-state index contributed by atoms with van der Waals surface area (Å²) in [7, 11) is 3.41. The molecule has 2 rings (SSSR count). The summed E-state index contributed by atoms with van der Waals surface area (Å²) in [4.78, 5) is 6.47. The molecular formula is C19H29F2N3O3. The Balaban J connectivity index is 1.80. The number of methoxy groups -OCH3 is 1. The van der Waals surface area contributed by atoms with Crippen molar-refractivity contribution in [3.63, 3.8) is 0 Å². The molecule has 1 aromatic carbocycles. The molecule has 0 unspecified atom stereocenters. The van der Waals surface area contributed by atoms with Crippen LogP contribution < -0.4 is 10.1 Å². The molecule has 1 aliphatic heterocycles. The van der Waals surface area contributed by atoms with Crippen LogP contribution in [0.25, 0.3) is 0 Å². The standard InChI is InChI=1S/C19H29F2N3O3/c1-22-19(23-14-15-6-3-4-7-17(15)27-18(20)21)24-10-8-16(9-11-24)26-13-5-12-25-2/h3-4,6-7,16,18H,5,8-14H2,1-2H3,(H,22,23). The third-order valence-electron chi connectivity index (χ3n) is 4.43. The van der Waals surface area contributed by atoms with E-state index in [-0.39, 0.29) is 11.9 Å². The largest absolute Gasteiger partial charge is 0.434 e. The number of piperidine rings is 1. The Bertz CT molecular complexity index is 579. The fourth-order valence-corrected chi connectivity index (χ4v) is 3.05. The molecule has 0 aromatic heterocycles. The van der Waals surface area contributed by atoms with Crippen molar-refractivity contribution in [3.05, 3.63) is 29.8 Å². The highest BCUT2D eigenvalue weighted by atomic mass is 19.3. The molecule has 1 heterocycles. The Labute approximate surface area is 159 Å². The lowest BCUT2D eigenvalue weighted by Crippen LogP contribution is -2.46. The summed E-state index contributed by atoms with van der Waals surface area (Å²) in [5.74, 6) is 0.929. The fraction of sp³-hybridized carbons (Fsp3) is 0.632. The lowest BCUT2D eigenvalue weighted by molar-refractivity contribution is -0.0504. The van der Waals surface area contributed by atoms with Gasteiger partial charge in [0.15, 0.2) is 5.96 Å². The van der Waals surface area contributed by atoms with Gasteiger partial charge >= 0.3 is 6.61 Å². The average Bonchev–Trinajstić information content (AvgIpc) is 2.67. The Hall–Kier alpha value is -1.93. The summed E-state index contributed by atoms with van der Waals surface area (Å²) < 4.78 is 40.5. The number of nitrogens with zero attached hydrogens (tertiary/aromatic N) is 2. The van der Waals surface area contributed by atoms with Crippen LogP contribution in [0.2, 0.25) is 0 Å². The van der Waals surface area contributed by atoms with Crippen molar-refractivity contribution in [1.82, 2.24) is 10.2 Å². The first-order chi connectivity index (χ1) is 13.1. The van der Waals surface area contributed by atoms with E-state index in [4.69, 9.17) is 9.47 Å². The van der Waals surface area contributed by atoms with E-state index < -0.39 is 6.61 Å². The number of rotatable bonds is 9. The summed E-state index contributed by atoms with van der Waals surface area (Å²) in [5, 5.41) is 3.24. The molecule has 1 aliphatic rings. The number of aliphatic imine (C=N–C) groups is 1. The van der Waals surface area contributed by atoms with Gasteiger partial charge in [-0.25, -0.2) is 0 Å². The van der Waals surface area contributed by atoms with Crippen LogP contribution in [0.15, 0.2) is 29.3 Å². The van der Waals surface area contributed by atoms with Crippen LogP contribution in [-0.4, -0.2) is 64.0 Å². The van der Waals surface area contributed by atoms with Gasteiger partial charge in [0.05, 0.1) is 6.10 Å². The number of para-hydroxylation sites is 1. The number of guanidine groups is 1. The Morgan fingerprint density at radius 1 is 1.26 bits per heavy atom. The van der Waals surface area contributed by atoms with Crippen molar-refractivity contribution in [2.75, 3.05) is 40.5 Å². The Morgan fingerprint density at radius 3 is 2.67 bits per heavy atom. The Morgan fingerprint density at radius 2 is 2.00 bits per heavy atom. The van der Waals surface area contributed by atoms with Crippen molar-refractivity contribution >= 4 is 5.96 Å². The number of ether oxygens (including phenoxy) is 3. The maximum absolute atomic E-state index is 12.5. The Kier molecular flexibility index (Phi) is 9.27. The third kappa shape index (κ3) is 7.30. The predicted molar refractivity (Wildman–Crippen MR) is 100 cm³/mol. The summed E-state index contributed by atoms with van der Waals surface area (Å²) in [5.41, 5.74) is 0.662. The van der Waals surface area contributed by atoms with Crippen LogP contribution in [0.3, 0.4) is 0 Å². The van der Waals surface area contributed by atoms with Gasteiger partial charge < -0.3 is 24.4 Å². The predicted octanol–water partition coefficient (Wildman–Crippen LogP) is 2.88. The third-order valence-corrected chi connectivity index (χ3v) is 4.43. The zero-order valence-electron chi connectivity index (χ0n) is 16.0. The summed E-state index contributed by atoms with van der Waals surface area (Å²) in [6.45, 7) is 0.628. The van der Waals surface area contributed by atoms with E-state index in [2.05, 4.69) is 19.9 Å². The normalized spacial score (nSPS) is 16.0. The second-order valence-corrected chi connectivity index (χ2v) is 6.29. The highest BCUT2D eigenvalue weighted by Gasteiger charge is 2.22. The molecule has 1 fully saturated rings. The van der Waals surface area contributed by atoms with E-state index in [9.17, 15) is 8.78 Å². The van der Waals surface area contributed by atoms with E-state index in [1.807, 2.05) is 0 Å². The minimum absolute atomic E-state index is 0.179. The highest BCUT2D eigenvalue weighted by molar-refractivity contribution is 5.80. The SMILES string of the molecule is CN=C(NCc1ccccc1OC(F)F)N1CCC(OCCCOC)CC1. The molecule has 6 nitrogen and oxygen atoms in total. The summed E-state index contributed by atoms with van der Waals surface area (Å²) in [6, 6.07) is 6.77. The quantitative estimate of drug-likeness (QED) is 0.402. The summed E-state index contributed by atoms with van der Waals surface area (Å²) >= 11 is 0. The minimum atomic E-state index is -2.84. The van der Waals surface area contributed by atoms with Crippen molar-refractivity contribution < 1.29 is 23.0 Å². The molecule has 0 aliphatic carbocycles. The van der Waals surface area contributed by atoms with Crippen LogP contribution in [0.1, 0.15) is 24.8 Å². The van der Waals surface area contributed by atoms with E-state index in [1.54, 1.807) is 38.4 Å². The molecule has 1 saturated heterocycles. The number of likely N-dealkylation sites (tertiary alicyclic amines) is 1. The van der Waals surface area contributed by atoms with Crippen LogP contribution >= 0.6 is 0 Å². The fourth-order valence-electron chi connectivity index (χ4n) is 3.05.